The maximum absolute atomic E-state index is 12.4. The average molecular weight is 458 g/mol. The van der Waals surface area contributed by atoms with E-state index in [9.17, 15) is 4.79 Å². The fourth-order valence-corrected chi connectivity index (χ4v) is 4.36. The van der Waals surface area contributed by atoms with Gasteiger partial charge < -0.3 is 19.8 Å². The summed E-state index contributed by atoms with van der Waals surface area (Å²) in [4.78, 5) is 20.5. The van der Waals surface area contributed by atoms with Crippen molar-refractivity contribution in [3.63, 3.8) is 0 Å². The molecule has 8 heteroatoms. The number of halogens is 1. The third-order valence-corrected chi connectivity index (χ3v) is 6.26. The van der Waals surface area contributed by atoms with Gasteiger partial charge in [0.15, 0.2) is 0 Å². The standard InChI is InChI=1S/C23H24ClN3O3S/c1-29-18-5-2-4-16(12-18)22-26-21(15-7-9-17(24)10-8-15)23(27-22)31-14-20(28)25-13-19-6-3-11-30-19/h2,4-5,7-10,12,19H,3,6,11,13-14H2,1H3,(H,25,28)(H,26,27). The highest BCUT2D eigenvalue weighted by atomic mass is 35.5. The lowest BCUT2D eigenvalue weighted by molar-refractivity contribution is -0.119. The lowest BCUT2D eigenvalue weighted by atomic mass is 10.2. The van der Waals surface area contributed by atoms with E-state index < -0.39 is 0 Å². The summed E-state index contributed by atoms with van der Waals surface area (Å²) in [7, 11) is 1.64. The zero-order valence-corrected chi connectivity index (χ0v) is 18.8. The third-order valence-electron chi connectivity index (χ3n) is 5.04. The van der Waals surface area contributed by atoms with Gasteiger partial charge in [0.2, 0.25) is 5.91 Å². The van der Waals surface area contributed by atoms with E-state index in [0.717, 1.165) is 47.0 Å². The number of thioether (sulfide) groups is 1. The van der Waals surface area contributed by atoms with Crippen LogP contribution in [-0.4, -0.2) is 48.0 Å². The van der Waals surface area contributed by atoms with Gasteiger partial charge in [0.1, 0.15) is 16.6 Å². The number of rotatable bonds is 8. The predicted molar refractivity (Wildman–Crippen MR) is 124 cm³/mol. The minimum absolute atomic E-state index is 0.0338. The molecule has 0 bridgehead atoms. The van der Waals surface area contributed by atoms with Crippen LogP contribution in [0, 0.1) is 0 Å². The number of carbonyl (C=O) groups excluding carboxylic acids is 1. The first-order valence-corrected chi connectivity index (χ1v) is 11.5. The molecule has 1 fully saturated rings. The van der Waals surface area contributed by atoms with Gasteiger partial charge in [0.05, 0.1) is 24.7 Å². The van der Waals surface area contributed by atoms with E-state index in [1.807, 2.05) is 48.5 Å². The molecular formula is C23H24ClN3O3S. The second-order valence-corrected chi connectivity index (χ2v) is 8.63. The predicted octanol–water partition coefficient (Wildman–Crippen LogP) is 4.79. The van der Waals surface area contributed by atoms with Crippen LogP contribution in [0.2, 0.25) is 5.02 Å². The van der Waals surface area contributed by atoms with Crippen molar-refractivity contribution in [3.8, 4) is 28.4 Å². The summed E-state index contributed by atoms with van der Waals surface area (Å²) in [5, 5.41) is 4.38. The Labute approximate surface area is 190 Å². The first-order chi connectivity index (χ1) is 15.1. The zero-order chi connectivity index (χ0) is 21.6. The number of H-pyrrole nitrogens is 1. The molecule has 1 aliphatic rings. The highest BCUT2D eigenvalue weighted by Crippen LogP contribution is 2.33. The van der Waals surface area contributed by atoms with Crippen LogP contribution in [0.5, 0.6) is 5.75 Å². The fraction of sp³-hybridized carbons (Fsp3) is 0.304. The molecular weight excluding hydrogens is 434 g/mol. The molecule has 2 N–H and O–H groups in total. The molecule has 1 saturated heterocycles. The lowest BCUT2D eigenvalue weighted by Crippen LogP contribution is -2.32. The van der Waals surface area contributed by atoms with Gasteiger partial charge >= 0.3 is 0 Å². The number of amides is 1. The van der Waals surface area contributed by atoms with E-state index in [-0.39, 0.29) is 17.8 Å². The molecule has 2 aromatic carbocycles. The van der Waals surface area contributed by atoms with Gasteiger partial charge in [-0.1, -0.05) is 47.6 Å². The fourth-order valence-electron chi connectivity index (χ4n) is 3.40. The van der Waals surface area contributed by atoms with Crippen molar-refractivity contribution >= 4 is 29.3 Å². The highest BCUT2D eigenvalue weighted by molar-refractivity contribution is 8.00. The number of imidazole rings is 1. The molecule has 1 atom stereocenters. The van der Waals surface area contributed by atoms with E-state index in [2.05, 4.69) is 10.3 Å². The summed E-state index contributed by atoms with van der Waals surface area (Å²) in [5.74, 6) is 1.71. The van der Waals surface area contributed by atoms with Crippen molar-refractivity contribution in [3.05, 3.63) is 53.6 Å². The minimum Gasteiger partial charge on any atom is -0.497 e. The maximum atomic E-state index is 12.4. The molecule has 2 heterocycles. The number of ether oxygens (including phenoxy) is 2. The monoisotopic (exact) mass is 457 g/mol. The molecule has 1 amide bonds. The quantitative estimate of drug-likeness (QED) is 0.475. The van der Waals surface area contributed by atoms with Gasteiger partial charge in [-0.25, -0.2) is 4.98 Å². The molecule has 162 valence electrons. The zero-order valence-electron chi connectivity index (χ0n) is 17.2. The summed E-state index contributed by atoms with van der Waals surface area (Å²) in [6, 6.07) is 15.3. The molecule has 0 aliphatic carbocycles. The van der Waals surface area contributed by atoms with Gasteiger partial charge in [0, 0.05) is 29.3 Å². The number of methoxy groups -OCH3 is 1. The number of hydrogen-bond donors (Lipinski definition) is 2. The van der Waals surface area contributed by atoms with Crippen molar-refractivity contribution in [2.45, 2.75) is 24.0 Å². The first-order valence-electron chi connectivity index (χ1n) is 10.1. The maximum Gasteiger partial charge on any atom is 0.230 e. The summed E-state index contributed by atoms with van der Waals surface area (Å²) in [5.41, 5.74) is 2.71. The van der Waals surface area contributed by atoms with E-state index >= 15 is 0 Å². The molecule has 1 aromatic heterocycles. The second-order valence-electron chi connectivity index (χ2n) is 7.23. The Morgan fingerprint density at radius 3 is 2.87 bits per heavy atom. The van der Waals surface area contributed by atoms with Crippen LogP contribution >= 0.6 is 23.4 Å². The van der Waals surface area contributed by atoms with Gasteiger partial charge in [-0.2, -0.15) is 0 Å². The Balaban J connectivity index is 1.53. The van der Waals surface area contributed by atoms with Crippen molar-refractivity contribution in [2.75, 3.05) is 26.0 Å². The Hall–Kier alpha value is -2.48. The summed E-state index contributed by atoms with van der Waals surface area (Å²) < 4.78 is 10.9. The number of hydrogen-bond acceptors (Lipinski definition) is 5. The van der Waals surface area contributed by atoms with Crippen LogP contribution in [0.3, 0.4) is 0 Å². The molecule has 6 nitrogen and oxygen atoms in total. The molecule has 0 saturated carbocycles. The van der Waals surface area contributed by atoms with Crippen LogP contribution in [0.1, 0.15) is 12.8 Å². The highest BCUT2D eigenvalue weighted by Gasteiger charge is 2.18. The van der Waals surface area contributed by atoms with Crippen molar-refractivity contribution < 1.29 is 14.3 Å². The average Bonchev–Trinajstić information content (AvgIpc) is 3.47. The van der Waals surface area contributed by atoms with Gasteiger partial charge in [-0.05, 0) is 37.1 Å². The largest absolute Gasteiger partial charge is 0.497 e. The molecule has 3 aromatic rings. The SMILES string of the molecule is COc1cccc(-c2nc(SCC(=O)NCC3CCCO3)c(-c3ccc(Cl)cc3)[nH]2)c1. The summed E-state index contributed by atoms with van der Waals surface area (Å²) in [6.07, 6.45) is 2.18. The smallest absolute Gasteiger partial charge is 0.230 e. The van der Waals surface area contributed by atoms with E-state index in [4.69, 9.17) is 26.1 Å². The normalized spacial score (nSPS) is 15.7. The molecule has 31 heavy (non-hydrogen) atoms. The number of carbonyl (C=O) groups is 1. The Kier molecular flexibility index (Phi) is 7.17. The topological polar surface area (TPSA) is 76.2 Å². The minimum atomic E-state index is -0.0338. The van der Waals surface area contributed by atoms with Gasteiger partial charge in [-0.15, -0.1) is 0 Å². The van der Waals surface area contributed by atoms with Crippen LogP contribution in [-0.2, 0) is 9.53 Å². The second kappa shape index (κ2) is 10.2. The van der Waals surface area contributed by atoms with Crippen molar-refractivity contribution in [1.82, 2.24) is 15.3 Å². The Morgan fingerprint density at radius 2 is 2.13 bits per heavy atom. The van der Waals surface area contributed by atoms with E-state index in [1.54, 1.807) is 7.11 Å². The Morgan fingerprint density at radius 1 is 1.29 bits per heavy atom. The van der Waals surface area contributed by atoms with Crippen LogP contribution in [0.25, 0.3) is 22.6 Å². The number of benzene rings is 2. The summed E-state index contributed by atoms with van der Waals surface area (Å²) in [6.45, 7) is 1.33. The van der Waals surface area contributed by atoms with Gasteiger partial charge in [-0.3, -0.25) is 4.79 Å². The summed E-state index contributed by atoms with van der Waals surface area (Å²) >= 11 is 7.46. The number of aromatic amines is 1. The van der Waals surface area contributed by atoms with Crippen LogP contribution in [0.4, 0.5) is 0 Å². The van der Waals surface area contributed by atoms with Crippen LogP contribution in [0.15, 0.2) is 53.6 Å². The number of nitrogens with one attached hydrogen (secondary N) is 2. The van der Waals surface area contributed by atoms with Gasteiger partial charge in [0.25, 0.3) is 0 Å². The van der Waals surface area contributed by atoms with Crippen LogP contribution < -0.4 is 10.1 Å². The van der Waals surface area contributed by atoms with Crippen molar-refractivity contribution in [1.29, 1.82) is 0 Å². The number of nitrogens with zero attached hydrogens (tertiary/aromatic N) is 1. The first kappa shape index (κ1) is 21.7. The Bertz CT molecular complexity index is 1030. The molecule has 0 spiro atoms. The molecule has 0 radical (unpaired) electrons. The number of aromatic nitrogens is 2. The molecule has 4 rings (SSSR count). The molecule has 1 aliphatic heterocycles. The third kappa shape index (κ3) is 5.61. The lowest BCUT2D eigenvalue weighted by Gasteiger charge is -2.10. The van der Waals surface area contributed by atoms with E-state index in [0.29, 0.717) is 17.4 Å². The molecule has 1 unspecified atom stereocenters. The van der Waals surface area contributed by atoms with E-state index in [1.165, 1.54) is 11.8 Å². The van der Waals surface area contributed by atoms with Crippen molar-refractivity contribution in [2.24, 2.45) is 0 Å².